The van der Waals surface area contributed by atoms with E-state index in [4.69, 9.17) is 0 Å². The van der Waals surface area contributed by atoms with E-state index in [0.29, 0.717) is 0 Å². The van der Waals surface area contributed by atoms with Crippen molar-refractivity contribution < 1.29 is 0 Å². The Bertz CT molecular complexity index is 466. The summed E-state index contributed by atoms with van der Waals surface area (Å²) in [5.41, 5.74) is 1.85. The van der Waals surface area contributed by atoms with Gasteiger partial charge in [-0.15, -0.1) is 12.6 Å². The Morgan fingerprint density at radius 1 is 1.13 bits per heavy atom. The first kappa shape index (κ1) is 9.93. The topological polar surface area (TPSA) is 25.2 Å². The number of pyridine rings is 1. The molecule has 0 spiro atoms. The lowest BCUT2D eigenvalue weighted by molar-refractivity contribution is 1.32. The van der Waals surface area contributed by atoms with Gasteiger partial charge in [0.1, 0.15) is 0 Å². The molecule has 1 aromatic heterocycles. The van der Waals surface area contributed by atoms with Crippen LogP contribution in [0.3, 0.4) is 0 Å². The minimum atomic E-state index is 0.865. The van der Waals surface area contributed by atoms with Crippen molar-refractivity contribution in [2.75, 3.05) is 0 Å². The molecule has 0 atom stereocenters. The highest BCUT2D eigenvalue weighted by atomic mass is 32.1. The van der Waals surface area contributed by atoms with Gasteiger partial charge in [-0.3, -0.25) is 9.98 Å². The zero-order valence-electron chi connectivity index (χ0n) is 8.04. The van der Waals surface area contributed by atoms with Crippen LogP contribution in [0, 0.1) is 0 Å². The van der Waals surface area contributed by atoms with Crippen molar-refractivity contribution in [3.05, 3.63) is 54.4 Å². The lowest BCUT2D eigenvalue weighted by Crippen LogP contribution is -1.80. The number of benzene rings is 1. The second-order valence-electron chi connectivity index (χ2n) is 3.03. The Morgan fingerprint density at radius 2 is 2.00 bits per heavy atom. The molecule has 0 saturated heterocycles. The Balaban J connectivity index is 2.23. The smallest absolute Gasteiger partial charge is 0.0763 e. The van der Waals surface area contributed by atoms with Crippen molar-refractivity contribution in [3.63, 3.8) is 0 Å². The van der Waals surface area contributed by atoms with Crippen LogP contribution in [0.4, 0.5) is 5.69 Å². The van der Waals surface area contributed by atoms with Crippen LogP contribution in [0.15, 0.2) is 58.7 Å². The molecule has 0 amide bonds. The highest BCUT2D eigenvalue weighted by Crippen LogP contribution is 2.21. The van der Waals surface area contributed by atoms with Gasteiger partial charge < -0.3 is 0 Å². The Hall–Kier alpha value is -1.61. The number of hydrogen-bond donors (Lipinski definition) is 1. The molecule has 0 bridgehead atoms. The number of nitrogens with zero attached hydrogens (tertiary/aromatic N) is 2. The molecule has 2 aromatic rings. The maximum Gasteiger partial charge on any atom is 0.0763 e. The van der Waals surface area contributed by atoms with E-state index in [1.54, 1.807) is 18.6 Å². The maximum absolute atomic E-state index is 4.33. The minimum Gasteiger partial charge on any atom is -0.264 e. The average Bonchev–Trinajstić information content (AvgIpc) is 2.29. The Kier molecular flexibility index (Phi) is 3.15. The van der Waals surface area contributed by atoms with E-state index in [2.05, 4.69) is 22.6 Å². The molecule has 0 saturated carbocycles. The maximum atomic E-state index is 4.33. The van der Waals surface area contributed by atoms with E-state index in [-0.39, 0.29) is 0 Å². The second kappa shape index (κ2) is 4.75. The van der Waals surface area contributed by atoms with Crippen LogP contribution in [0.1, 0.15) is 5.56 Å². The standard InChI is InChI=1S/C12H10N2S/c15-12-6-2-1-5-11(12)14-9-10-4-3-7-13-8-10/h1-9,15H. The largest absolute Gasteiger partial charge is 0.264 e. The summed E-state index contributed by atoms with van der Waals surface area (Å²) in [6.45, 7) is 0. The van der Waals surface area contributed by atoms with Gasteiger partial charge in [-0.2, -0.15) is 0 Å². The van der Waals surface area contributed by atoms with Gasteiger partial charge in [0.15, 0.2) is 0 Å². The third kappa shape index (κ3) is 2.67. The highest BCUT2D eigenvalue weighted by molar-refractivity contribution is 7.80. The number of aliphatic imine (C=N–C) groups is 1. The first-order chi connectivity index (χ1) is 7.36. The predicted octanol–water partition coefficient (Wildman–Crippen LogP) is 3.12. The fraction of sp³-hybridized carbons (Fsp3) is 0. The third-order valence-corrected chi connectivity index (χ3v) is 2.30. The monoisotopic (exact) mass is 214 g/mol. The van der Waals surface area contributed by atoms with Gasteiger partial charge in [-0.05, 0) is 18.2 Å². The molecule has 0 N–H and O–H groups in total. The molecule has 1 aromatic carbocycles. The number of thiol groups is 1. The van der Waals surface area contributed by atoms with Crippen LogP contribution in [-0.4, -0.2) is 11.2 Å². The SMILES string of the molecule is Sc1ccccc1N=Cc1cccnc1. The zero-order valence-corrected chi connectivity index (χ0v) is 8.93. The van der Waals surface area contributed by atoms with Crippen molar-refractivity contribution in [2.45, 2.75) is 4.90 Å². The van der Waals surface area contributed by atoms with Gasteiger partial charge in [0, 0.05) is 29.1 Å². The van der Waals surface area contributed by atoms with Crippen molar-refractivity contribution in [1.82, 2.24) is 4.98 Å². The Labute approximate surface area is 94.1 Å². The fourth-order valence-corrected chi connectivity index (χ4v) is 1.39. The molecule has 1 heterocycles. The Morgan fingerprint density at radius 3 is 2.73 bits per heavy atom. The van der Waals surface area contributed by atoms with E-state index in [1.807, 2.05) is 36.4 Å². The van der Waals surface area contributed by atoms with Crippen LogP contribution >= 0.6 is 12.6 Å². The van der Waals surface area contributed by atoms with Crippen LogP contribution in [-0.2, 0) is 0 Å². The molecule has 2 nitrogen and oxygen atoms in total. The molecular formula is C12H10N2S. The van der Waals surface area contributed by atoms with Gasteiger partial charge in [-0.25, -0.2) is 0 Å². The van der Waals surface area contributed by atoms with Gasteiger partial charge in [0.25, 0.3) is 0 Å². The van der Waals surface area contributed by atoms with E-state index in [9.17, 15) is 0 Å². The molecule has 3 heteroatoms. The predicted molar refractivity (Wildman–Crippen MR) is 65.2 cm³/mol. The van der Waals surface area contributed by atoms with Crippen LogP contribution in [0.25, 0.3) is 0 Å². The lowest BCUT2D eigenvalue weighted by Gasteiger charge is -1.96. The van der Waals surface area contributed by atoms with Gasteiger partial charge in [-0.1, -0.05) is 18.2 Å². The molecule has 0 aliphatic rings. The van der Waals surface area contributed by atoms with Gasteiger partial charge in [0.05, 0.1) is 5.69 Å². The molecule has 0 aliphatic carbocycles. The van der Waals surface area contributed by atoms with Crippen molar-refractivity contribution in [1.29, 1.82) is 0 Å². The van der Waals surface area contributed by atoms with E-state index < -0.39 is 0 Å². The number of para-hydroxylation sites is 1. The molecule has 0 unspecified atom stereocenters. The quantitative estimate of drug-likeness (QED) is 0.603. The number of hydrogen-bond acceptors (Lipinski definition) is 3. The summed E-state index contributed by atoms with van der Waals surface area (Å²) in [5, 5.41) is 0. The minimum absolute atomic E-state index is 0.865. The molecule has 0 fully saturated rings. The summed E-state index contributed by atoms with van der Waals surface area (Å²) in [6, 6.07) is 11.6. The summed E-state index contributed by atoms with van der Waals surface area (Å²) in [7, 11) is 0. The summed E-state index contributed by atoms with van der Waals surface area (Å²) in [6.07, 6.45) is 5.29. The summed E-state index contributed by atoms with van der Waals surface area (Å²) >= 11 is 4.31. The van der Waals surface area contributed by atoms with E-state index >= 15 is 0 Å². The molecule has 2 rings (SSSR count). The molecule has 74 valence electrons. The second-order valence-corrected chi connectivity index (χ2v) is 3.52. The van der Waals surface area contributed by atoms with Gasteiger partial charge in [0.2, 0.25) is 0 Å². The fourth-order valence-electron chi connectivity index (χ4n) is 1.17. The van der Waals surface area contributed by atoms with Crippen molar-refractivity contribution >= 4 is 24.5 Å². The molecule has 0 aliphatic heterocycles. The third-order valence-electron chi connectivity index (χ3n) is 1.92. The molecular weight excluding hydrogens is 204 g/mol. The van der Waals surface area contributed by atoms with Crippen LogP contribution in [0.2, 0.25) is 0 Å². The van der Waals surface area contributed by atoms with Crippen LogP contribution in [0.5, 0.6) is 0 Å². The molecule has 0 radical (unpaired) electrons. The highest BCUT2D eigenvalue weighted by Gasteiger charge is 1.92. The first-order valence-corrected chi connectivity index (χ1v) is 5.03. The van der Waals surface area contributed by atoms with E-state index in [0.717, 1.165) is 16.1 Å². The molecule has 15 heavy (non-hydrogen) atoms. The van der Waals surface area contributed by atoms with Crippen molar-refractivity contribution in [2.24, 2.45) is 4.99 Å². The van der Waals surface area contributed by atoms with Crippen LogP contribution < -0.4 is 0 Å². The normalized spacial score (nSPS) is 10.7. The summed E-state index contributed by atoms with van der Waals surface area (Å²) in [4.78, 5) is 9.22. The first-order valence-electron chi connectivity index (χ1n) is 4.58. The summed E-state index contributed by atoms with van der Waals surface area (Å²) < 4.78 is 0. The van der Waals surface area contributed by atoms with Crippen molar-refractivity contribution in [3.8, 4) is 0 Å². The number of aromatic nitrogens is 1. The zero-order chi connectivity index (χ0) is 10.5. The average molecular weight is 214 g/mol. The number of rotatable bonds is 2. The van der Waals surface area contributed by atoms with E-state index in [1.165, 1.54) is 0 Å². The van der Waals surface area contributed by atoms with Gasteiger partial charge >= 0.3 is 0 Å². The lowest BCUT2D eigenvalue weighted by atomic mass is 10.3. The summed E-state index contributed by atoms with van der Waals surface area (Å²) in [5.74, 6) is 0.